The number of halogens is 2. The van der Waals surface area contributed by atoms with Crippen molar-refractivity contribution >= 4 is 27.5 Å². The van der Waals surface area contributed by atoms with Crippen molar-refractivity contribution in [2.45, 2.75) is 12.6 Å². The average molecular weight is 355 g/mol. The molecule has 0 aliphatic carbocycles. The number of aromatic nitrogens is 1. The predicted molar refractivity (Wildman–Crippen MR) is 86.7 cm³/mol. The molecule has 1 heterocycles. The molecule has 0 fully saturated rings. The molecule has 1 atom stereocenters. The molecule has 0 aliphatic rings. The van der Waals surface area contributed by atoms with Crippen LogP contribution < -0.4 is 5.73 Å². The summed E-state index contributed by atoms with van der Waals surface area (Å²) in [4.78, 5) is 6.35. The van der Waals surface area contributed by atoms with Gasteiger partial charge in [-0.05, 0) is 52.3 Å². The molecule has 0 saturated carbocycles. The molecule has 106 valence electrons. The zero-order valence-corrected chi connectivity index (χ0v) is 13.6. The van der Waals surface area contributed by atoms with Crippen LogP contribution in [0, 0.1) is 0 Å². The summed E-state index contributed by atoms with van der Waals surface area (Å²) in [5.74, 6) is 0. The van der Waals surface area contributed by atoms with E-state index >= 15 is 0 Å². The molecule has 1 aromatic heterocycles. The average Bonchev–Trinajstić information content (AvgIpc) is 2.44. The zero-order chi connectivity index (χ0) is 14.5. The first kappa shape index (κ1) is 15.4. The number of likely N-dealkylation sites (N-methyl/N-ethyl adjacent to an activating group) is 1. The summed E-state index contributed by atoms with van der Waals surface area (Å²) in [6.45, 7) is 1.35. The highest BCUT2D eigenvalue weighted by atomic mass is 79.9. The van der Waals surface area contributed by atoms with Gasteiger partial charge >= 0.3 is 0 Å². The molecule has 0 saturated heterocycles. The normalized spacial score (nSPS) is 12.7. The smallest absolute Gasteiger partial charge is 0.0548 e. The summed E-state index contributed by atoms with van der Waals surface area (Å²) in [6.07, 6.45) is 3.65. The maximum atomic E-state index is 6.04. The molecule has 0 bridgehead atoms. The van der Waals surface area contributed by atoms with E-state index in [-0.39, 0.29) is 6.04 Å². The second-order valence-electron chi connectivity index (χ2n) is 4.70. The number of rotatable bonds is 5. The summed E-state index contributed by atoms with van der Waals surface area (Å²) in [7, 11) is 2.06. The number of benzene rings is 1. The van der Waals surface area contributed by atoms with E-state index < -0.39 is 0 Å². The van der Waals surface area contributed by atoms with Crippen molar-refractivity contribution in [3.05, 3.63) is 63.3 Å². The van der Waals surface area contributed by atoms with Crippen LogP contribution in [0.15, 0.2) is 47.2 Å². The third-order valence-corrected chi connectivity index (χ3v) is 4.45. The van der Waals surface area contributed by atoms with Gasteiger partial charge in [0.05, 0.1) is 5.02 Å². The van der Waals surface area contributed by atoms with Crippen LogP contribution in [0.3, 0.4) is 0 Å². The predicted octanol–water partition coefficient (Wildman–Crippen LogP) is 3.63. The zero-order valence-electron chi connectivity index (χ0n) is 11.3. The van der Waals surface area contributed by atoms with Crippen molar-refractivity contribution in [2.24, 2.45) is 5.73 Å². The molecule has 0 spiro atoms. The summed E-state index contributed by atoms with van der Waals surface area (Å²) < 4.78 is 0.893. The van der Waals surface area contributed by atoms with E-state index in [1.807, 2.05) is 30.5 Å². The van der Waals surface area contributed by atoms with Crippen LogP contribution >= 0.6 is 27.5 Å². The van der Waals surface area contributed by atoms with Gasteiger partial charge in [0.25, 0.3) is 0 Å². The Morgan fingerprint density at radius 2 is 2.20 bits per heavy atom. The van der Waals surface area contributed by atoms with Crippen molar-refractivity contribution in [3.63, 3.8) is 0 Å². The fourth-order valence-electron chi connectivity index (χ4n) is 2.18. The highest BCUT2D eigenvalue weighted by Crippen LogP contribution is 2.28. The van der Waals surface area contributed by atoms with Gasteiger partial charge in [-0.3, -0.25) is 9.88 Å². The Labute approximate surface area is 132 Å². The van der Waals surface area contributed by atoms with Gasteiger partial charge in [0.15, 0.2) is 0 Å². The van der Waals surface area contributed by atoms with E-state index in [4.69, 9.17) is 17.3 Å². The largest absolute Gasteiger partial charge is 0.329 e. The van der Waals surface area contributed by atoms with Crippen LogP contribution in [-0.4, -0.2) is 23.5 Å². The third-order valence-electron chi connectivity index (χ3n) is 3.24. The van der Waals surface area contributed by atoms with Crippen molar-refractivity contribution in [1.29, 1.82) is 0 Å². The molecule has 0 aliphatic heterocycles. The molecule has 20 heavy (non-hydrogen) atoms. The van der Waals surface area contributed by atoms with E-state index in [2.05, 4.69) is 38.9 Å². The quantitative estimate of drug-likeness (QED) is 0.891. The molecule has 2 N–H and O–H groups in total. The maximum Gasteiger partial charge on any atom is 0.0548 e. The number of hydrogen-bond acceptors (Lipinski definition) is 3. The molecule has 2 aromatic rings. The Balaban J connectivity index is 2.16. The molecule has 3 nitrogen and oxygen atoms in total. The van der Waals surface area contributed by atoms with Crippen LogP contribution in [0.2, 0.25) is 5.02 Å². The lowest BCUT2D eigenvalue weighted by molar-refractivity contribution is 0.241. The number of pyridine rings is 1. The molecule has 0 radical (unpaired) electrons. The monoisotopic (exact) mass is 353 g/mol. The molecule has 5 heteroatoms. The van der Waals surface area contributed by atoms with E-state index in [1.165, 1.54) is 5.56 Å². The molecule has 0 amide bonds. The summed E-state index contributed by atoms with van der Waals surface area (Å²) in [6, 6.07) is 10.1. The summed E-state index contributed by atoms with van der Waals surface area (Å²) >= 11 is 9.50. The Morgan fingerprint density at radius 1 is 1.40 bits per heavy atom. The SMILES string of the molecule is CN(Cc1cccnc1)C(CN)c1ccc(Cl)c(Br)c1. The summed E-state index contributed by atoms with van der Waals surface area (Å²) in [5.41, 5.74) is 8.26. The summed E-state index contributed by atoms with van der Waals surface area (Å²) in [5, 5.41) is 0.708. The number of nitrogens with zero attached hydrogens (tertiary/aromatic N) is 2. The fraction of sp³-hybridized carbons (Fsp3) is 0.267. The maximum absolute atomic E-state index is 6.04. The number of nitrogens with two attached hydrogens (primary N) is 1. The molecular weight excluding hydrogens is 338 g/mol. The van der Waals surface area contributed by atoms with E-state index in [9.17, 15) is 0 Å². The van der Waals surface area contributed by atoms with Crippen LogP contribution in [0.5, 0.6) is 0 Å². The second kappa shape index (κ2) is 7.18. The Morgan fingerprint density at radius 3 is 2.80 bits per heavy atom. The van der Waals surface area contributed by atoms with Crippen molar-refractivity contribution in [1.82, 2.24) is 9.88 Å². The van der Waals surface area contributed by atoms with E-state index in [1.54, 1.807) is 6.20 Å². The first-order chi connectivity index (χ1) is 9.61. The van der Waals surface area contributed by atoms with Crippen molar-refractivity contribution in [3.8, 4) is 0 Å². The topological polar surface area (TPSA) is 42.2 Å². The first-order valence-electron chi connectivity index (χ1n) is 6.36. The molecule has 1 unspecified atom stereocenters. The van der Waals surface area contributed by atoms with Crippen LogP contribution in [-0.2, 0) is 6.54 Å². The first-order valence-corrected chi connectivity index (χ1v) is 7.53. The van der Waals surface area contributed by atoms with Crippen molar-refractivity contribution in [2.75, 3.05) is 13.6 Å². The van der Waals surface area contributed by atoms with Gasteiger partial charge in [0, 0.05) is 36.0 Å². The third kappa shape index (κ3) is 3.79. The van der Waals surface area contributed by atoms with E-state index in [0.29, 0.717) is 11.6 Å². The van der Waals surface area contributed by atoms with Gasteiger partial charge in [-0.1, -0.05) is 23.7 Å². The van der Waals surface area contributed by atoms with Gasteiger partial charge in [0.2, 0.25) is 0 Å². The highest BCUT2D eigenvalue weighted by molar-refractivity contribution is 9.10. The standard InChI is InChI=1S/C15H17BrClN3/c1-20(10-11-3-2-6-19-9-11)15(8-18)12-4-5-14(17)13(16)7-12/h2-7,9,15H,8,10,18H2,1H3. The van der Waals surface area contributed by atoms with Crippen molar-refractivity contribution < 1.29 is 0 Å². The van der Waals surface area contributed by atoms with Gasteiger partial charge in [-0.25, -0.2) is 0 Å². The lowest BCUT2D eigenvalue weighted by atomic mass is 10.1. The Hall–Kier alpha value is -0.940. The van der Waals surface area contributed by atoms with Crippen LogP contribution in [0.4, 0.5) is 0 Å². The fourth-order valence-corrected chi connectivity index (χ4v) is 2.69. The van der Waals surface area contributed by atoms with Gasteiger partial charge in [-0.15, -0.1) is 0 Å². The minimum atomic E-state index is 0.142. The Kier molecular flexibility index (Phi) is 5.54. The van der Waals surface area contributed by atoms with Gasteiger partial charge in [-0.2, -0.15) is 0 Å². The lowest BCUT2D eigenvalue weighted by Gasteiger charge is -2.27. The van der Waals surface area contributed by atoms with Crippen LogP contribution in [0.1, 0.15) is 17.2 Å². The molecule has 1 aromatic carbocycles. The minimum absolute atomic E-state index is 0.142. The van der Waals surface area contributed by atoms with Crippen LogP contribution in [0.25, 0.3) is 0 Å². The van der Waals surface area contributed by atoms with Gasteiger partial charge in [0.1, 0.15) is 0 Å². The minimum Gasteiger partial charge on any atom is -0.329 e. The molecule has 2 rings (SSSR count). The van der Waals surface area contributed by atoms with E-state index in [0.717, 1.165) is 16.6 Å². The Bertz CT molecular complexity index is 562. The van der Waals surface area contributed by atoms with Gasteiger partial charge < -0.3 is 5.73 Å². The second-order valence-corrected chi connectivity index (χ2v) is 5.96. The lowest BCUT2D eigenvalue weighted by Crippen LogP contribution is -2.30. The molecular formula is C15H17BrClN3. The highest BCUT2D eigenvalue weighted by Gasteiger charge is 2.16. The number of hydrogen-bond donors (Lipinski definition) is 1.